The molecule has 0 atom stereocenters. The average Bonchev–Trinajstić information content (AvgIpc) is 1.68. The van der Waals surface area contributed by atoms with E-state index >= 15 is 0 Å². The van der Waals surface area contributed by atoms with Gasteiger partial charge in [0.15, 0.2) is 0 Å². The fraction of sp³-hybridized carbons (Fsp3) is 1.00. The molecular weight excluding hydrogens is 203 g/mol. The van der Waals surface area contributed by atoms with Crippen molar-refractivity contribution in [1.82, 2.24) is 8.43 Å². The summed E-state index contributed by atoms with van der Waals surface area (Å²) in [4.78, 5) is 2.25. The predicted octanol–water partition coefficient (Wildman–Crippen LogP) is -3.27. The molecular formula is C4H12IN2-. The minimum absolute atomic E-state index is 0.309. The third-order valence-corrected chi connectivity index (χ3v) is 2.65. The Morgan fingerprint density at radius 1 is 1.71 bits per heavy atom. The van der Waals surface area contributed by atoms with Gasteiger partial charge in [0.2, 0.25) is 0 Å². The Morgan fingerprint density at radius 3 is 2.43 bits per heavy atom. The van der Waals surface area contributed by atoms with E-state index in [9.17, 15) is 0 Å². The van der Waals surface area contributed by atoms with E-state index in [1.165, 1.54) is 0 Å². The molecule has 0 heterocycles. The summed E-state index contributed by atoms with van der Waals surface area (Å²) in [5, 5.41) is 3.07. The number of hydrogen-bond acceptors (Lipinski definition) is 2. The maximum atomic E-state index is 3.07. The Morgan fingerprint density at radius 2 is 2.29 bits per heavy atom. The summed E-state index contributed by atoms with van der Waals surface area (Å²) in [6.07, 6.45) is 0. The number of nitrogens with zero attached hydrogens (tertiary/aromatic N) is 1. The van der Waals surface area contributed by atoms with Crippen LogP contribution in [0.4, 0.5) is 0 Å². The Hall–Kier alpha value is 0.650. The second kappa shape index (κ2) is 4.80. The van der Waals surface area contributed by atoms with Crippen LogP contribution in [0, 0.1) is 0 Å². The number of halogens is 1. The molecule has 0 aromatic carbocycles. The van der Waals surface area contributed by atoms with Gasteiger partial charge in [0.05, 0.1) is 0 Å². The Bertz CT molecular complexity index is 40.7. The van der Waals surface area contributed by atoms with Crippen LogP contribution < -0.4 is 26.8 Å². The molecule has 1 N–H and O–H groups in total. The van der Waals surface area contributed by atoms with E-state index in [1.54, 1.807) is 0 Å². The van der Waals surface area contributed by atoms with E-state index in [2.05, 4.69) is 20.4 Å². The van der Waals surface area contributed by atoms with Gasteiger partial charge >= 0.3 is 55.6 Å². The molecule has 0 bridgehead atoms. The van der Waals surface area contributed by atoms with Crippen molar-refractivity contribution in [2.45, 2.75) is 0 Å². The summed E-state index contributed by atoms with van der Waals surface area (Å²) in [5.41, 5.74) is 0. The Labute approximate surface area is 55.9 Å². The maximum absolute atomic E-state index is 3.07. The Kier molecular flexibility index (Phi) is 5.25. The van der Waals surface area contributed by atoms with Gasteiger partial charge in [-0.15, -0.1) is 0 Å². The molecule has 46 valence electrons. The van der Waals surface area contributed by atoms with E-state index in [4.69, 9.17) is 0 Å². The molecule has 0 unspecified atom stereocenters. The van der Waals surface area contributed by atoms with Crippen molar-refractivity contribution >= 4 is 0 Å². The topological polar surface area (TPSA) is 15.3 Å². The molecule has 0 amide bonds. The molecule has 0 spiro atoms. The summed E-state index contributed by atoms with van der Waals surface area (Å²) >= 11 is 0.309. The van der Waals surface area contributed by atoms with Crippen LogP contribution in [0.5, 0.6) is 0 Å². The number of rotatable bonds is 3. The summed E-state index contributed by atoms with van der Waals surface area (Å²) in [7, 11) is 4.10. The SMILES string of the molecule is CNCN(C)[I-]C. The van der Waals surface area contributed by atoms with E-state index < -0.39 is 0 Å². The second-order valence-corrected chi connectivity index (χ2v) is 3.90. The van der Waals surface area contributed by atoms with E-state index in [0.717, 1.165) is 6.67 Å². The van der Waals surface area contributed by atoms with Gasteiger partial charge in [0.25, 0.3) is 0 Å². The van der Waals surface area contributed by atoms with E-state index in [1.807, 2.05) is 7.05 Å². The summed E-state index contributed by atoms with van der Waals surface area (Å²) < 4.78 is 2.30. The van der Waals surface area contributed by atoms with E-state index in [-0.39, 0.29) is 0 Å². The molecule has 0 saturated heterocycles. The van der Waals surface area contributed by atoms with E-state index in [0.29, 0.717) is 21.5 Å². The zero-order valence-electron chi connectivity index (χ0n) is 5.03. The molecule has 0 aromatic rings. The third-order valence-electron chi connectivity index (χ3n) is 0.665. The minimum atomic E-state index is 0.309. The van der Waals surface area contributed by atoms with Gasteiger partial charge in [0.1, 0.15) is 0 Å². The van der Waals surface area contributed by atoms with Crippen molar-refractivity contribution in [3.8, 4) is 0 Å². The van der Waals surface area contributed by atoms with Crippen LogP contribution in [0.1, 0.15) is 0 Å². The first-order valence-corrected chi connectivity index (χ1v) is 5.29. The molecule has 0 rings (SSSR count). The zero-order chi connectivity index (χ0) is 5.70. The second-order valence-electron chi connectivity index (χ2n) is 1.29. The summed E-state index contributed by atoms with van der Waals surface area (Å²) in [6, 6.07) is 0. The van der Waals surface area contributed by atoms with Crippen molar-refractivity contribution in [2.24, 2.45) is 0 Å². The van der Waals surface area contributed by atoms with Crippen LogP contribution in [0.3, 0.4) is 0 Å². The van der Waals surface area contributed by atoms with Crippen molar-refractivity contribution < 1.29 is 21.5 Å². The van der Waals surface area contributed by atoms with Crippen LogP contribution in [-0.2, 0) is 0 Å². The van der Waals surface area contributed by atoms with Gasteiger partial charge in [-0.2, -0.15) is 0 Å². The average molecular weight is 215 g/mol. The Balaban J connectivity index is 2.83. The molecule has 0 aromatic heterocycles. The molecule has 7 heavy (non-hydrogen) atoms. The van der Waals surface area contributed by atoms with Gasteiger partial charge in [-0.05, 0) is 0 Å². The molecule has 0 saturated carbocycles. The van der Waals surface area contributed by atoms with Crippen molar-refractivity contribution in [3.63, 3.8) is 0 Å². The van der Waals surface area contributed by atoms with Crippen LogP contribution >= 0.6 is 0 Å². The predicted molar refractivity (Wildman–Crippen MR) is 27.6 cm³/mol. The molecule has 0 aliphatic heterocycles. The number of hydrogen-bond donors (Lipinski definition) is 1. The van der Waals surface area contributed by atoms with Crippen molar-refractivity contribution in [2.75, 3.05) is 25.7 Å². The van der Waals surface area contributed by atoms with Gasteiger partial charge in [-0.25, -0.2) is 0 Å². The molecule has 0 fully saturated rings. The van der Waals surface area contributed by atoms with Gasteiger partial charge in [-0.1, -0.05) is 0 Å². The van der Waals surface area contributed by atoms with Gasteiger partial charge in [-0.3, -0.25) is 0 Å². The van der Waals surface area contributed by atoms with Gasteiger partial charge in [0, 0.05) is 0 Å². The molecule has 3 heteroatoms. The number of nitrogens with one attached hydrogen (secondary N) is 1. The molecule has 0 radical (unpaired) electrons. The molecule has 0 aliphatic carbocycles. The fourth-order valence-corrected chi connectivity index (χ4v) is 0.960. The van der Waals surface area contributed by atoms with Crippen LogP contribution in [0.2, 0.25) is 0 Å². The number of alkyl halides is 1. The van der Waals surface area contributed by atoms with Crippen LogP contribution in [0.25, 0.3) is 0 Å². The normalized spacial score (nSPS) is 10.9. The summed E-state index contributed by atoms with van der Waals surface area (Å²) in [6.45, 7) is 1.03. The van der Waals surface area contributed by atoms with Gasteiger partial charge < -0.3 is 0 Å². The monoisotopic (exact) mass is 215 g/mol. The van der Waals surface area contributed by atoms with Crippen molar-refractivity contribution in [1.29, 1.82) is 0 Å². The standard InChI is InChI=1S/C4H12IN2/c1-5-7(3)4-6-2/h6H,4H2,1-3H3/q-1. The quantitative estimate of drug-likeness (QED) is 0.230. The summed E-state index contributed by atoms with van der Waals surface area (Å²) in [5.74, 6) is 0. The zero-order valence-corrected chi connectivity index (χ0v) is 7.19. The fourth-order valence-electron chi connectivity index (χ4n) is 0.278. The van der Waals surface area contributed by atoms with Crippen LogP contribution in [0.15, 0.2) is 0 Å². The first-order chi connectivity index (χ1) is 3.31. The first-order valence-electron chi connectivity index (χ1n) is 2.16. The van der Waals surface area contributed by atoms with Crippen molar-refractivity contribution in [3.05, 3.63) is 0 Å². The van der Waals surface area contributed by atoms with Crippen LogP contribution in [-0.4, -0.2) is 28.8 Å². The molecule has 0 aliphatic rings. The third kappa shape index (κ3) is 4.50. The first kappa shape index (κ1) is 7.65. The molecule has 2 nitrogen and oxygen atoms in total.